The third-order valence-corrected chi connectivity index (χ3v) is 4.88. The molecule has 8 nitrogen and oxygen atoms in total. The van der Waals surface area contributed by atoms with E-state index in [0.717, 1.165) is 0 Å². The standard InChI is InChI=1S/C20H22N2O6/c1-2-15(28-14-5-6-16-18(12-14)27-13-26-16)19(23)21-7-9-22(10-8-21)20(24)17-4-3-11-25-17/h3-6,11-12,15H,2,7-10,13H2,1H3. The lowest BCUT2D eigenvalue weighted by Crippen LogP contribution is -2.53. The number of amides is 2. The minimum Gasteiger partial charge on any atom is -0.480 e. The van der Waals surface area contributed by atoms with Crippen molar-refractivity contribution in [1.29, 1.82) is 0 Å². The normalized spacial score (nSPS) is 16.8. The molecule has 1 aromatic heterocycles. The molecule has 1 unspecified atom stereocenters. The fraction of sp³-hybridized carbons (Fsp3) is 0.400. The first-order valence-electron chi connectivity index (χ1n) is 9.33. The molecule has 2 aromatic rings. The van der Waals surface area contributed by atoms with Crippen LogP contribution in [0.1, 0.15) is 23.9 Å². The van der Waals surface area contributed by atoms with Gasteiger partial charge in [0.2, 0.25) is 6.79 Å². The Kier molecular flexibility index (Phi) is 5.10. The molecule has 1 aromatic carbocycles. The zero-order valence-corrected chi connectivity index (χ0v) is 15.6. The molecule has 8 heteroatoms. The van der Waals surface area contributed by atoms with Crippen molar-refractivity contribution in [3.05, 3.63) is 42.4 Å². The number of rotatable bonds is 5. The van der Waals surface area contributed by atoms with Crippen LogP contribution in [0.3, 0.4) is 0 Å². The number of benzene rings is 1. The van der Waals surface area contributed by atoms with Crippen molar-refractivity contribution < 1.29 is 28.2 Å². The van der Waals surface area contributed by atoms with Crippen molar-refractivity contribution in [1.82, 2.24) is 9.80 Å². The maximum absolute atomic E-state index is 12.9. The van der Waals surface area contributed by atoms with Crippen LogP contribution in [0.4, 0.5) is 0 Å². The van der Waals surface area contributed by atoms with E-state index in [0.29, 0.717) is 55.6 Å². The molecule has 2 amide bonds. The van der Waals surface area contributed by atoms with Gasteiger partial charge in [-0.15, -0.1) is 0 Å². The maximum Gasteiger partial charge on any atom is 0.289 e. The number of hydrogen-bond donors (Lipinski definition) is 0. The average molecular weight is 386 g/mol. The lowest BCUT2D eigenvalue weighted by molar-refractivity contribution is -0.140. The lowest BCUT2D eigenvalue weighted by Gasteiger charge is -2.35. The topological polar surface area (TPSA) is 81.5 Å². The average Bonchev–Trinajstić information content (AvgIpc) is 3.42. The largest absolute Gasteiger partial charge is 0.480 e. The van der Waals surface area contributed by atoms with Gasteiger partial charge in [-0.05, 0) is 30.7 Å². The summed E-state index contributed by atoms with van der Waals surface area (Å²) in [7, 11) is 0. The Bertz CT molecular complexity index is 842. The third kappa shape index (κ3) is 3.62. The summed E-state index contributed by atoms with van der Waals surface area (Å²) in [6, 6.07) is 8.61. The van der Waals surface area contributed by atoms with Gasteiger partial charge in [0.05, 0.1) is 6.26 Å². The molecule has 1 saturated heterocycles. The number of hydrogen-bond acceptors (Lipinski definition) is 6. The number of piperazine rings is 1. The van der Waals surface area contributed by atoms with Crippen LogP contribution < -0.4 is 14.2 Å². The van der Waals surface area contributed by atoms with Crippen LogP contribution >= 0.6 is 0 Å². The van der Waals surface area contributed by atoms with Crippen LogP contribution in [0.5, 0.6) is 17.2 Å². The molecule has 1 fully saturated rings. The Morgan fingerprint density at radius 1 is 1.07 bits per heavy atom. The predicted molar refractivity (Wildman–Crippen MR) is 98.5 cm³/mol. The first-order chi connectivity index (χ1) is 13.7. The van der Waals surface area contributed by atoms with Gasteiger partial charge in [0, 0.05) is 32.2 Å². The molecule has 4 rings (SSSR count). The minimum atomic E-state index is -0.590. The molecule has 148 valence electrons. The van der Waals surface area contributed by atoms with E-state index in [2.05, 4.69) is 0 Å². The SMILES string of the molecule is CCC(Oc1ccc2c(c1)OCO2)C(=O)N1CCN(C(=O)c2ccco2)CC1. The van der Waals surface area contributed by atoms with Gasteiger partial charge in [0.15, 0.2) is 23.4 Å². The monoisotopic (exact) mass is 386 g/mol. The predicted octanol–water partition coefficient (Wildman–Crippen LogP) is 2.15. The second kappa shape index (κ2) is 7.84. The van der Waals surface area contributed by atoms with E-state index in [1.807, 2.05) is 6.92 Å². The second-order valence-corrected chi connectivity index (χ2v) is 6.62. The molecular weight excluding hydrogens is 364 g/mol. The molecule has 0 aliphatic carbocycles. The Balaban J connectivity index is 1.35. The van der Waals surface area contributed by atoms with Crippen molar-refractivity contribution in [3.63, 3.8) is 0 Å². The van der Waals surface area contributed by atoms with Crippen molar-refractivity contribution in [2.24, 2.45) is 0 Å². The highest BCUT2D eigenvalue weighted by atomic mass is 16.7. The smallest absolute Gasteiger partial charge is 0.289 e. The summed E-state index contributed by atoms with van der Waals surface area (Å²) in [5.74, 6) is 1.94. The Hall–Kier alpha value is -3.16. The summed E-state index contributed by atoms with van der Waals surface area (Å²) >= 11 is 0. The zero-order valence-electron chi connectivity index (χ0n) is 15.6. The van der Waals surface area contributed by atoms with E-state index in [9.17, 15) is 9.59 Å². The number of fused-ring (bicyclic) bond motifs is 1. The Morgan fingerprint density at radius 2 is 1.82 bits per heavy atom. The third-order valence-electron chi connectivity index (χ3n) is 4.88. The van der Waals surface area contributed by atoms with E-state index in [1.54, 1.807) is 40.1 Å². The molecule has 3 heterocycles. The number of furan rings is 1. The van der Waals surface area contributed by atoms with Crippen LogP contribution in [0.15, 0.2) is 41.0 Å². The van der Waals surface area contributed by atoms with Gasteiger partial charge in [0.1, 0.15) is 5.75 Å². The van der Waals surface area contributed by atoms with Gasteiger partial charge in [-0.3, -0.25) is 9.59 Å². The number of carbonyl (C=O) groups excluding carboxylic acids is 2. The number of nitrogens with zero attached hydrogens (tertiary/aromatic N) is 2. The molecule has 28 heavy (non-hydrogen) atoms. The highest BCUT2D eigenvalue weighted by Crippen LogP contribution is 2.35. The fourth-order valence-corrected chi connectivity index (χ4v) is 3.31. The van der Waals surface area contributed by atoms with Crippen molar-refractivity contribution in [2.45, 2.75) is 19.4 Å². The number of ether oxygens (including phenoxy) is 3. The quantitative estimate of drug-likeness (QED) is 0.783. The summed E-state index contributed by atoms with van der Waals surface area (Å²) in [6.45, 7) is 3.96. The first kappa shape index (κ1) is 18.2. The van der Waals surface area contributed by atoms with Gasteiger partial charge in [-0.1, -0.05) is 6.92 Å². The highest BCUT2D eigenvalue weighted by molar-refractivity contribution is 5.91. The summed E-state index contributed by atoms with van der Waals surface area (Å²) in [4.78, 5) is 28.7. The Morgan fingerprint density at radius 3 is 2.54 bits per heavy atom. The van der Waals surface area contributed by atoms with Crippen LogP contribution in [0, 0.1) is 0 Å². The molecule has 2 aliphatic heterocycles. The van der Waals surface area contributed by atoms with Gasteiger partial charge in [0.25, 0.3) is 11.8 Å². The molecule has 0 spiro atoms. The van der Waals surface area contributed by atoms with Gasteiger partial charge in [-0.2, -0.15) is 0 Å². The van der Waals surface area contributed by atoms with E-state index in [1.165, 1.54) is 6.26 Å². The molecule has 0 bridgehead atoms. The summed E-state index contributed by atoms with van der Waals surface area (Å²) < 4.78 is 21.7. The molecule has 2 aliphatic rings. The number of carbonyl (C=O) groups is 2. The van der Waals surface area contributed by atoms with Gasteiger partial charge >= 0.3 is 0 Å². The summed E-state index contributed by atoms with van der Waals surface area (Å²) in [5, 5.41) is 0. The molecule has 0 N–H and O–H groups in total. The van der Waals surface area contributed by atoms with Crippen molar-refractivity contribution >= 4 is 11.8 Å². The van der Waals surface area contributed by atoms with Gasteiger partial charge < -0.3 is 28.4 Å². The maximum atomic E-state index is 12.9. The van der Waals surface area contributed by atoms with Crippen molar-refractivity contribution in [2.75, 3.05) is 33.0 Å². The summed E-state index contributed by atoms with van der Waals surface area (Å²) in [6.07, 6.45) is 1.43. The van der Waals surface area contributed by atoms with Gasteiger partial charge in [-0.25, -0.2) is 0 Å². The fourth-order valence-electron chi connectivity index (χ4n) is 3.31. The van der Waals surface area contributed by atoms with E-state index >= 15 is 0 Å². The first-order valence-corrected chi connectivity index (χ1v) is 9.33. The molecule has 0 saturated carbocycles. The van der Waals surface area contributed by atoms with Crippen LogP contribution in [0.2, 0.25) is 0 Å². The van der Waals surface area contributed by atoms with Crippen LogP contribution in [-0.2, 0) is 4.79 Å². The minimum absolute atomic E-state index is 0.0785. The summed E-state index contributed by atoms with van der Waals surface area (Å²) in [5.41, 5.74) is 0. The van der Waals surface area contributed by atoms with Crippen LogP contribution in [0.25, 0.3) is 0 Å². The second-order valence-electron chi connectivity index (χ2n) is 6.62. The molecular formula is C20H22N2O6. The Labute approximate surface area is 162 Å². The highest BCUT2D eigenvalue weighted by Gasteiger charge is 2.30. The molecule has 1 atom stereocenters. The zero-order chi connectivity index (χ0) is 19.5. The van der Waals surface area contributed by atoms with Crippen LogP contribution in [-0.4, -0.2) is 60.7 Å². The van der Waals surface area contributed by atoms with E-state index in [4.69, 9.17) is 18.6 Å². The van der Waals surface area contributed by atoms with E-state index < -0.39 is 6.10 Å². The van der Waals surface area contributed by atoms with Crippen molar-refractivity contribution in [3.8, 4) is 17.2 Å². The lowest BCUT2D eigenvalue weighted by atomic mass is 10.2. The van der Waals surface area contributed by atoms with E-state index in [-0.39, 0.29) is 18.6 Å². The molecule has 0 radical (unpaired) electrons.